The number of nitrogens with zero attached hydrogens (tertiary/aromatic N) is 2. The highest BCUT2D eigenvalue weighted by Crippen LogP contribution is 2.27. The number of piperidine rings is 1. The van der Waals surface area contributed by atoms with Gasteiger partial charge in [0.15, 0.2) is 0 Å². The van der Waals surface area contributed by atoms with Gasteiger partial charge >= 0.3 is 0 Å². The number of carbonyl (C=O) groups excluding carboxylic acids is 1. The number of benzene rings is 2. The molecule has 2 aliphatic rings. The maximum atomic E-state index is 14.0. The largest absolute Gasteiger partial charge is 0.354 e. The van der Waals surface area contributed by atoms with Crippen LogP contribution < -0.4 is 5.32 Å². The fourth-order valence-corrected chi connectivity index (χ4v) is 6.21. The Hall–Kier alpha value is -2.29. The van der Waals surface area contributed by atoms with Crippen molar-refractivity contribution < 1.29 is 17.6 Å². The van der Waals surface area contributed by atoms with Gasteiger partial charge in [-0.2, -0.15) is 4.31 Å². The van der Waals surface area contributed by atoms with Gasteiger partial charge in [-0.1, -0.05) is 42.5 Å². The van der Waals surface area contributed by atoms with E-state index in [1.165, 1.54) is 40.9 Å². The summed E-state index contributed by atoms with van der Waals surface area (Å²) in [4.78, 5) is 15.0. The van der Waals surface area contributed by atoms with E-state index >= 15 is 0 Å². The predicted molar refractivity (Wildman–Crippen MR) is 121 cm³/mol. The first-order valence-electron chi connectivity index (χ1n) is 11.3. The number of hydrogen-bond acceptors (Lipinski definition) is 4. The zero-order valence-corrected chi connectivity index (χ0v) is 18.9. The second kappa shape index (κ2) is 10.1. The quantitative estimate of drug-likeness (QED) is 0.691. The van der Waals surface area contributed by atoms with E-state index in [2.05, 4.69) is 22.3 Å². The normalized spacial score (nSPS) is 19.7. The first-order valence-corrected chi connectivity index (χ1v) is 12.7. The minimum absolute atomic E-state index is 0.0342. The monoisotopic (exact) mass is 459 g/mol. The van der Waals surface area contributed by atoms with Gasteiger partial charge in [-0.15, -0.1) is 0 Å². The molecule has 6 nitrogen and oxygen atoms in total. The topological polar surface area (TPSA) is 69.7 Å². The summed E-state index contributed by atoms with van der Waals surface area (Å²) in [5.74, 6) is -1.02. The number of sulfonamides is 1. The van der Waals surface area contributed by atoms with Crippen molar-refractivity contribution in [3.8, 4) is 0 Å². The van der Waals surface area contributed by atoms with Gasteiger partial charge in [0.2, 0.25) is 15.9 Å². The van der Waals surface area contributed by atoms with Crippen molar-refractivity contribution in [3.63, 3.8) is 0 Å². The minimum atomic E-state index is -3.89. The number of rotatable bonds is 7. The van der Waals surface area contributed by atoms with E-state index in [-0.39, 0.29) is 35.9 Å². The third kappa shape index (κ3) is 5.03. The third-order valence-electron chi connectivity index (χ3n) is 6.51. The van der Waals surface area contributed by atoms with Gasteiger partial charge in [-0.05, 0) is 56.5 Å². The molecule has 0 aliphatic carbocycles. The number of halogens is 1. The lowest BCUT2D eigenvalue weighted by molar-refractivity contribution is -0.126. The van der Waals surface area contributed by atoms with Gasteiger partial charge in [-0.3, -0.25) is 9.69 Å². The van der Waals surface area contributed by atoms with Gasteiger partial charge in [0.05, 0.1) is 6.04 Å². The molecule has 32 heavy (non-hydrogen) atoms. The summed E-state index contributed by atoms with van der Waals surface area (Å²) in [6, 6.07) is 15.8. The second-order valence-corrected chi connectivity index (χ2v) is 10.4. The fraction of sp³-hybridized carbons (Fsp3) is 0.458. The predicted octanol–water partition coefficient (Wildman–Crippen LogP) is 3.18. The highest BCUT2D eigenvalue weighted by molar-refractivity contribution is 7.89. The maximum absolute atomic E-state index is 14.0. The first-order chi connectivity index (χ1) is 15.5. The summed E-state index contributed by atoms with van der Waals surface area (Å²) in [6.45, 7) is 3.02. The van der Waals surface area contributed by atoms with Gasteiger partial charge in [0.25, 0.3) is 0 Å². The molecule has 1 atom stereocenters. The van der Waals surface area contributed by atoms with E-state index in [0.717, 1.165) is 19.2 Å². The van der Waals surface area contributed by atoms with Gasteiger partial charge in [0.1, 0.15) is 10.7 Å². The molecule has 0 spiro atoms. The van der Waals surface area contributed by atoms with E-state index in [4.69, 9.17) is 0 Å². The Morgan fingerprint density at radius 1 is 0.969 bits per heavy atom. The molecule has 1 N–H and O–H groups in total. The van der Waals surface area contributed by atoms with Crippen molar-refractivity contribution in [2.45, 2.75) is 36.6 Å². The maximum Gasteiger partial charge on any atom is 0.245 e. The summed E-state index contributed by atoms with van der Waals surface area (Å²) in [5.41, 5.74) is 1.19. The molecule has 1 amide bonds. The van der Waals surface area contributed by atoms with Crippen molar-refractivity contribution in [1.82, 2.24) is 14.5 Å². The average Bonchev–Trinajstić information content (AvgIpc) is 3.35. The van der Waals surface area contributed by atoms with E-state index in [1.54, 1.807) is 0 Å². The van der Waals surface area contributed by atoms with Crippen LogP contribution in [0.3, 0.4) is 0 Å². The molecule has 172 valence electrons. The molecular formula is C24H30FN3O3S. The highest BCUT2D eigenvalue weighted by Gasteiger charge is 2.34. The van der Waals surface area contributed by atoms with Crippen LogP contribution in [0.5, 0.6) is 0 Å². The second-order valence-electron chi connectivity index (χ2n) is 8.52. The van der Waals surface area contributed by atoms with Crippen LogP contribution in [0.1, 0.15) is 37.3 Å². The summed E-state index contributed by atoms with van der Waals surface area (Å²) in [6.07, 6.45) is 3.21. The van der Waals surface area contributed by atoms with Gasteiger partial charge < -0.3 is 5.32 Å². The first kappa shape index (κ1) is 22.9. The van der Waals surface area contributed by atoms with Crippen LogP contribution in [0, 0.1) is 11.7 Å². The molecule has 0 radical (unpaired) electrons. The van der Waals surface area contributed by atoms with Crippen LogP contribution in [-0.4, -0.2) is 56.3 Å². The Kier molecular flexibility index (Phi) is 7.23. The molecule has 0 aromatic heterocycles. The van der Waals surface area contributed by atoms with Crippen LogP contribution in [-0.2, 0) is 14.8 Å². The Labute approximate surface area is 189 Å². The Morgan fingerprint density at radius 3 is 2.25 bits per heavy atom. The summed E-state index contributed by atoms with van der Waals surface area (Å²) in [5, 5.41) is 3.11. The molecule has 8 heteroatoms. The van der Waals surface area contributed by atoms with Gasteiger partial charge in [0, 0.05) is 25.6 Å². The van der Waals surface area contributed by atoms with Crippen LogP contribution >= 0.6 is 0 Å². The third-order valence-corrected chi connectivity index (χ3v) is 8.45. The number of amides is 1. The molecule has 2 fully saturated rings. The minimum Gasteiger partial charge on any atom is -0.354 e. The van der Waals surface area contributed by atoms with Crippen molar-refractivity contribution in [2.75, 3.05) is 32.7 Å². The SMILES string of the molecule is O=C(NCC(c1ccccc1)N1CCCC1)C1CCN(S(=O)(=O)c2ccccc2F)CC1. The summed E-state index contributed by atoms with van der Waals surface area (Å²) in [7, 11) is -3.89. The van der Waals surface area contributed by atoms with E-state index in [1.807, 2.05) is 18.2 Å². The van der Waals surface area contributed by atoms with Crippen molar-refractivity contribution in [3.05, 3.63) is 66.0 Å². The summed E-state index contributed by atoms with van der Waals surface area (Å²) >= 11 is 0. The molecule has 2 saturated heterocycles. The van der Waals surface area contributed by atoms with E-state index < -0.39 is 15.8 Å². The fourth-order valence-electron chi connectivity index (χ4n) is 4.68. The molecule has 2 aromatic rings. The van der Waals surface area contributed by atoms with E-state index in [0.29, 0.717) is 19.4 Å². The number of nitrogens with one attached hydrogen (secondary N) is 1. The smallest absolute Gasteiger partial charge is 0.245 e. The molecule has 1 unspecified atom stereocenters. The Balaban J connectivity index is 1.34. The lowest BCUT2D eigenvalue weighted by atomic mass is 9.97. The Morgan fingerprint density at radius 2 is 1.59 bits per heavy atom. The number of carbonyl (C=O) groups is 1. The van der Waals surface area contributed by atoms with Crippen molar-refractivity contribution >= 4 is 15.9 Å². The zero-order chi connectivity index (χ0) is 22.6. The van der Waals surface area contributed by atoms with Crippen LogP contribution in [0.25, 0.3) is 0 Å². The van der Waals surface area contributed by atoms with Crippen LogP contribution in [0.2, 0.25) is 0 Å². The average molecular weight is 460 g/mol. The lowest BCUT2D eigenvalue weighted by Gasteiger charge is -2.32. The highest BCUT2D eigenvalue weighted by atomic mass is 32.2. The molecule has 2 aromatic carbocycles. The molecule has 0 bridgehead atoms. The zero-order valence-electron chi connectivity index (χ0n) is 18.1. The number of hydrogen-bond donors (Lipinski definition) is 1. The molecular weight excluding hydrogens is 429 g/mol. The van der Waals surface area contributed by atoms with E-state index in [9.17, 15) is 17.6 Å². The van der Waals surface area contributed by atoms with Gasteiger partial charge in [-0.25, -0.2) is 12.8 Å². The molecule has 4 rings (SSSR count). The Bertz CT molecular complexity index is 1020. The van der Waals surface area contributed by atoms with Crippen LogP contribution in [0.4, 0.5) is 4.39 Å². The summed E-state index contributed by atoms with van der Waals surface area (Å²) < 4.78 is 40.9. The van der Waals surface area contributed by atoms with Crippen molar-refractivity contribution in [1.29, 1.82) is 0 Å². The molecule has 2 heterocycles. The number of likely N-dealkylation sites (tertiary alicyclic amines) is 1. The molecule has 0 saturated carbocycles. The van der Waals surface area contributed by atoms with Crippen molar-refractivity contribution in [2.24, 2.45) is 5.92 Å². The lowest BCUT2D eigenvalue weighted by Crippen LogP contribution is -2.44. The molecule has 2 aliphatic heterocycles. The standard InChI is InChI=1S/C24H30FN3O3S/c25-21-10-4-5-11-23(21)32(30,31)28-16-12-20(13-17-28)24(29)26-18-22(27-14-6-7-15-27)19-8-2-1-3-9-19/h1-5,8-11,20,22H,6-7,12-18H2,(H,26,29). The van der Waals surface area contributed by atoms with Crippen LogP contribution in [0.15, 0.2) is 59.5 Å².